The van der Waals surface area contributed by atoms with Gasteiger partial charge in [0.05, 0.1) is 7.11 Å². The lowest BCUT2D eigenvalue weighted by atomic mass is 10.1. The highest BCUT2D eigenvalue weighted by Crippen LogP contribution is 2.30. The largest absolute Gasteiger partial charge is 0.497 e. The van der Waals surface area contributed by atoms with Crippen LogP contribution >= 0.6 is 11.3 Å². The van der Waals surface area contributed by atoms with Crippen LogP contribution < -0.4 is 4.74 Å². The number of hydrogen-bond donors (Lipinski definition) is 0. The number of aromatic nitrogens is 4. The normalized spacial score (nSPS) is 11.1. The average molecular weight is 336 g/mol. The maximum atomic E-state index is 5.29. The standard InChI is InChI=1S/C18H16N4OS/c1-11-7-8-14(9-12(11)2)17-21-22-16(19-20-18(22)24-17)13-5-4-6-15(10-13)23-3/h4-10H,1-3H3. The molecule has 2 heterocycles. The molecular weight excluding hydrogens is 320 g/mol. The van der Waals surface area contributed by atoms with Gasteiger partial charge in [0.1, 0.15) is 10.8 Å². The molecule has 4 aromatic rings. The first-order chi connectivity index (χ1) is 11.7. The Morgan fingerprint density at radius 2 is 1.83 bits per heavy atom. The predicted octanol–water partition coefficient (Wildman–Crippen LogP) is 4.15. The molecule has 2 aromatic heterocycles. The summed E-state index contributed by atoms with van der Waals surface area (Å²) in [6, 6.07) is 14.1. The van der Waals surface area contributed by atoms with Crippen molar-refractivity contribution in [2.24, 2.45) is 0 Å². The second kappa shape index (κ2) is 5.72. The lowest BCUT2D eigenvalue weighted by Crippen LogP contribution is -1.92. The molecule has 0 spiro atoms. The summed E-state index contributed by atoms with van der Waals surface area (Å²) in [6.45, 7) is 4.22. The zero-order valence-electron chi connectivity index (χ0n) is 13.6. The van der Waals surface area contributed by atoms with Gasteiger partial charge in [-0.2, -0.15) is 9.61 Å². The van der Waals surface area contributed by atoms with Gasteiger partial charge in [0.2, 0.25) is 4.96 Å². The summed E-state index contributed by atoms with van der Waals surface area (Å²) < 4.78 is 7.08. The maximum Gasteiger partial charge on any atom is 0.235 e. The fourth-order valence-corrected chi connectivity index (χ4v) is 3.39. The lowest BCUT2D eigenvalue weighted by molar-refractivity contribution is 0.415. The van der Waals surface area contributed by atoms with Crippen LogP contribution in [0.25, 0.3) is 26.9 Å². The van der Waals surface area contributed by atoms with E-state index in [4.69, 9.17) is 9.84 Å². The van der Waals surface area contributed by atoms with Crippen molar-refractivity contribution in [3.8, 4) is 27.7 Å². The van der Waals surface area contributed by atoms with Gasteiger partial charge in [-0.25, -0.2) is 0 Å². The van der Waals surface area contributed by atoms with Gasteiger partial charge in [0, 0.05) is 11.1 Å². The fourth-order valence-electron chi connectivity index (χ4n) is 2.55. The summed E-state index contributed by atoms with van der Waals surface area (Å²) in [5, 5.41) is 14.2. The zero-order chi connectivity index (χ0) is 16.7. The van der Waals surface area contributed by atoms with Crippen molar-refractivity contribution in [2.45, 2.75) is 13.8 Å². The number of aryl methyl sites for hydroxylation is 2. The van der Waals surface area contributed by atoms with Gasteiger partial charge in [-0.15, -0.1) is 10.2 Å². The van der Waals surface area contributed by atoms with Crippen LogP contribution in [0.4, 0.5) is 0 Å². The molecule has 0 bridgehead atoms. The van der Waals surface area contributed by atoms with Gasteiger partial charge in [0.15, 0.2) is 5.82 Å². The topological polar surface area (TPSA) is 52.3 Å². The quantitative estimate of drug-likeness (QED) is 0.564. The Morgan fingerprint density at radius 3 is 2.62 bits per heavy atom. The summed E-state index contributed by atoms with van der Waals surface area (Å²) in [7, 11) is 1.65. The first-order valence-electron chi connectivity index (χ1n) is 7.60. The number of nitrogens with zero attached hydrogens (tertiary/aromatic N) is 4. The molecule has 120 valence electrons. The van der Waals surface area contributed by atoms with Gasteiger partial charge < -0.3 is 4.74 Å². The van der Waals surface area contributed by atoms with Crippen LogP contribution in [0.3, 0.4) is 0 Å². The highest BCUT2D eigenvalue weighted by molar-refractivity contribution is 7.19. The molecule has 0 atom stereocenters. The number of hydrogen-bond acceptors (Lipinski definition) is 5. The third-order valence-electron chi connectivity index (χ3n) is 4.07. The van der Waals surface area contributed by atoms with Crippen LogP contribution in [0.15, 0.2) is 42.5 Å². The minimum atomic E-state index is 0.718. The second-order valence-electron chi connectivity index (χ2n) is 5.66. The van der Waals surface area contributed by atoms with E-state index in [0.29, 0.717) is 0 Å². The molecular formula is C18H16N4OS. The first-order valence-corrected chi connectivity index (χ1v) is 8.41. The van der Waals surface area contributed by atoms with E-state index in [1.165, 1.54) is 22.5 Å². The van der Waals surface area contributed by atoms with Gasteiger partial charge in [0.25, 0.3) is 0 Å². The highest BCUT2D eigenvalue weighted by Gasteiger charge is 2.15. The third kappa shape index (κ3) is 2.45. The number of rotatable bonds is 3. The molecule has 0 N–H and O–H groups in total. The van der Waals surface area contributed by atoms with Gasteiger partial charge >= 0.3 is 0 Å². The molecule has 2 aromatic carbocycles. The Bertz CT molecular complexity index is 1030. The van der Waals surface area contributed by atoms with Gasteiger partial charge in [-0.3, -0.25) is 0 Å². The van der Waals surface area contributed by atoms with E-state index >= 15 is 0 Å². The molecule has 0 fully saturated rings. The van der Waals surface area contributed by atoms with Gasteiger partial charge in [-0.1, -0.05) is 35.6 Å². The van der Waals surface area contributed by atoms with Crippen molar-refractivity contribution in [1.29, 1.82) is 0 Å². The number of fused-ring (bicyclic) bond motifs is 1. The molecule has 0 aliphatic carbocycles. The van der Waals surface area contributed by atoms with E-state index in [1.807, 2.05) is 24.3 Å². The van der Waals surface area contributed by atoms with Crippen LogP contribution in [0.5, 0.6) is 5.75 Å². The Hall–Kier alpha value is -2.73. The average Bonchev–Trinajstić information content (AvgIpc) is 3.18. The number of methoxy groups -OCH3 is 1. The van der Waals surface area contributed by atoms with E-state index < -0.39 is 0 Å². The minimum Gasteiger partial charge on any atom is -0.497 e. The molecule has 4 rings (SSSR count). The lowest BCUT2D eigenvalue weighted by Gasteiger charge is -2.02. The molecule has 0 saturated heterocycles. The van der Waals surface area contributed by atoms with E-state index in [-0.39, 0.29) is 0 Å². The maximum absolute atomic E-state index is 5.29. The van der Waals surface area contributed by atoms with Gasteiger partial charge in [-0.05, 0) is 43.2 Å². The van der Waals surface area contributed by atoms with Crippen LogP contribution in [-0.2, 0) is 0 Å². The first kappa shape index (κ1) is 14.8. The van der Waals surface area contributed by atoms with Crippen molar-refractivity contribution in [1.82, 2.24) is 19.8 Å². The molecule has 5 nitrogen and oxygen atoms in total. The SMILES string of the molecule is COc1cccc(-c2nnc3sc(-c4ccc(C)c(C)c4)nn23)c1. The molecule has 0 unspecified atom stereocenters. The van der Waals surface area contributed by atoms with E-state index in [1.54, 1.807) is 11.6 Å². The Balaban J connectivity index is 1.82. The molecule has 6 heteroatoms. The van der Waals surface area contributed by atoms with Crippen LogP contribution in [0.1, 0.15) is 11.1 Å². The summed E-state index contributed by atoms with van der Waals surface area (Å²) in [4.78, 5) is 0.779. The summed E-state index contributed by atoms with van der Waals surface area (Å²) >= 11 is 1.54. The zero-order valence-corrected chi connectivity index (χ0v) is 14.5. The van der Waals surface area contributed by atoms with Crippen molar-refractivity contribution in [3.05, 3.63) is 53.6 Å². The number of ether oxygens (including phenoxy) is 1. The molecule has 0 saturated carbocycles. The van der Waals surface area contributed by atoms with Crippen molar-refractivity contribution in [2.75, 3.05) is 7.11 Å². The van der Waals surface area contributed by atoms with Crippen molar-refractivity contribution < 1.29 is 4.74 Å². The highest BCUT2D eigenvalue weighted by atomic mass is 32.1. The molecule has 0 aliphatic rings. The molecule has 0 aliphatic heterocycles. The Labute approximate surface area is 143 Å². The van der Waals surface area contributed by atoms with E-state index in [0.717, 1.165) is 32.7 Å². The molecule has 0 radical (unpaired) electrons. The van der Waals surface area contributed by atoms with Crippen molar-refractivity contribution in [3.63, 3.8) is 0 Å². The van der Waals surface area contributed by atoms with Crippen molar-refractivity contribution >= 4 is 16.3 Å². The number of benzene rings is 2. The monoisotopic (exact) mass is 336 g/mol. The van der Waals surface area contributed by atoms with Crippen LogP contribution in [0, 0.1) is 13.8 Å². The summed E-state index contributed by atoms with van der Waals surface area (Å²) in [5.74, 6) is 1.50. The summed E-state index contributed by atoms with van der Waals surface area (Å²) in [5.41, 5.74) is 4.56. The Kier molecular flexibility index (Phi) is 3.54. The summed E-state index contributed by atoms with van der Waals surface area (Å²) in [6.07, 6.45) is 0. The minimum absolute atomic E-state index is 0.718. The fraction of sp³-hybridized carbons (Fsp3) is 0.167. The predicted molar refractivity (Wildman–Crippen MR) is 95.6 cm³/mol. The molecule has 0 amide bonds. The second-order valence-corrected chi connectivity index (χ2v) is 6.61. The third-order valence-corrected chi connectivity index (χ3v) is 5.02. The van der Waals surface area contributed by atoms with E-state index in [9.17, 15) is 0 Å². The van der Waals surface area contributed by atoms with Crippen LogP contribution in [0.2, 0.25) is 0 Å². The smallest absolute Gasteiger partial charge is 0.235 e. The molecule has 24 heavy (non-hydrogen) atoms. The Morgan fingerprint density at radius 1 is 0.958 bits per heavy atom. The van der Waals surface area contributed by atoms with Crippen LogP contribution in [-0.4, -0.2) is 26.9 Å². The van der Waals surface area contributed by atoms with E-state index in [2.05, 4.69) is 42.2 Å².